The molecule has 0 aromatic heterocycles. The van der Waals surface area contributed by atoms with Gasteiger partial charge in [0, 0.05) is 18.1 Å². The fourth-order valence-corrected chi connectivity index (χ4v) is 3.58. The predicted molar refractivity (Wildman–Crippen MR) is 111 cm³/mol. The lowest BCUT2D eigenvalue weighted by Crippen LogP contribution is -2.30. The average Bonchev–Trinajstić information content (AvgIpc) is 3.39. The average molecular weight is 422 g/mol. The van der Waals surface area contributed by atoms with Crippen LogP contribution in [0, 0.1) is 0 Å². The van der Waals surface area contributed by atoms with Crippen molar-refractivity contribution in [3.05, 3.63) is 95.3 Å². The predicted octanol–water partition coefficient (Wildman–Crippen LogP) is 3.35. The molecule has 4 rings (SSSR count). The lowest BCUT2D eigenvalue weighted by atomic mass is 9.89. The van der Waals surface area contributed by atoms with Crippen molar-refractivity contribution in [1.82, 2.24) is 0 Å². The third-order valence-corrected chi connectivity index (χ3v) is 5.02. The zero-order valence-corrected chi connectivity index (χ0v) is 17.0. The number of esters is 1. The fraction of sp³-hybridized carbons (Fsp3) is 0.208. The highest BCUT2D eigenvalue weighted by Crippen LogP contribution is 2.47. The number of carbonyl (C=O) groups excluding carboxylic acids is 1. The summed E-state index contributed by atoms with van der Waals surface area (Å²) < 4.78 is 16.6. The van der Waals surface area contributed by atoms with Crippen molar-refractivity contribution in [3.8, 4) is 11.5 Å². The number of carbonyl (C=O) groups is 1. The summed E-state index contributed by atoms with van der Waals surface area (Å²) in [4.78, 5) is 23.0. The van der Waals surface area contributed by atoms with Crippen LogP contribution in [0.1, 0.15) is 11.1 Å². The van der Waals surface area contributed by atoms with E-state index in [2.05, 4.69) is 6.58 Å². The molecule has 0 spiro atoms. The van der Waals surface area contributed by atoms with Gasteiger partial charge in [-0.25, -0.2) is 4.79 Å². The SMILES string of the molecule is C=CCOc1cc(OC)ccc1C1(O)OC(=O)C(C2=CCOO2)=C1Cc1ccccc1. The first-order valence-electron chi connectivity index (χ1n) is 9.72. The summed E-state index contributed by atoms with van der Waals surface area (Å²) in [6, 6.07) is 14.3. The molecule has 2 aliphatic rings. The number of benzene rings is 2. The minimum Gasteiger partial charge on any atom is -0.497 e. The molecule has 7 heteroatoms. The molecule has 31 heavy (non-hydrogen) atoms. The summed E-state index contributed by atoms with van der Waals surface area (Å²) in [6.07, 6.45) is 3.44. The first kappa shape index (κ1) is 20.7. The number of aliphatic hydroxyl groups is 1. The Morgan fingerprint density at radius 2 is 2.03 bits per heavy atom. The second-order valence-corrected chi connectivity index (χ2v) is 6.95. The van der Waals surface area contributed by atoms with Gasteiger partial charge in [0.2, 0.25) is 0 Å². The van der Waals surface area contributed by atoms with Crippen LogP contribution in [0.2, 0.25) is 0 Å². The standard InChI is InChI=1S/C24H22O7/c1-3-12-28-21-15-17(27-2)9-10-18(21)24(26)19(14-16-7-5-4-6-8-16)22(23(25)30-24)20-11-13-29-31-20/h3-11,15,26H,1,12-14H2,2H3. The number of cyclic esters (lactones) is 1. The van der Waals surface area contributed by atoms with Crippen LogP contribution < -0.4 is 9.47 Å². The summed E-state index contributed by atoms with van der Waals surface area (Å²) >= 11 is 0. The van der Waals surface area contributed by atoms with E-state index in [1.807, 2.05) is 30.3 Å². The lowest BCUT2D eigenvalue weighted by molar-refractivity contribution is -0.231. The first-order valence-corrected chi connectivity index (χ1v) is 9.72. The quantitative estimate of drug-likeness (QED) is 0.397. The van der Waals surface area contributed by atoms with E-state index in [0.29, 0.717) is 17.1 Å². The molecule has 0 aliphatic carbocycles. The normalized spacial score (nSPS) is 20.2. The topological polar surface area (TPSA) is 83.5 Å². The van der Waals surface area contributed by atoms with Crippen LogP contribution in [-0.4, -0.2) is 31.4 Å². The molecule has 0 saturated heterocycles. The molecule has 2 aromatic carbocycles. The largest absolute Gasteiger partial charge is 0.497 e. The van der Waals surface area contributed by atoms with Crippen LogP contribution >= 0.6 is 0 Å². The summed E-state index contributed by atoms with van der Waals surface area (Å²) in [5, 5.41) is 11.8. The molecule has 0 saturated carbocycles. The van der Waals surface area contributed by atoms with Crippen molar-refractivity contribution < 1.29 is 33.9 Å². The van der Waals surface area contributed by atoms with Gasteiger partial charge in [-0.2, -0.15) is 4.89 Å². The van der Waals surface area contributed by atoms with Crippen LogP contribution in [0.3, 0.4) is 0 Å². The zero-order valence-electron chi connectivity index (χ0n) is 17.0. The smallest absolute Gasteiger partial charge is 0.345 e. The van der Waals surface area contributed by atoms with Gasteiger partial charge in [-0.1, -0.05) is 43.0 Å². The van der Waals surface area contributed by atoms with Crippen LogP contribution in [0.4, 0.5) is 0 Å². The summed E-state index contributed by atoms with van der Waals surface area (Å²) in [5.74, 6) is -1.74. The summed E-state index contributed by atoms with van der Waals surface area (Å²) in [6.45, 7) is 4.04. The number of ether oxygens (including phenoxy) is 3. The van der Waals surface area contributed by atoms with E-state index >= 15 is 0 Å². The maximum Gasteiger partial charge on any atom is 0.345 e. The number of methoxy groups -OCH3 is 1. The van der Waals surface area contributed by atoms with Crippen molar-refractivity contribution in [2.24, 2.45) is 0 Å². The molecule has 2 aromatic rings. The Labute approximate surface area is 179 Å². The van der Waals surface area contributed by atoms with E-state index in [-0.39, 0.29) is 36.5 Å². The Bertz CT molecular complexity index is 1050. The molecule has 0 fully saturated rings. The van der Waals surface area contributed by atoms with Crippen molar-refractivity contribution in [1.29, 1.82) is 0 Å². The fourth-order valence-electron chi connectivity index (χ4n) is 3.58. The van der Waals surface area contributed by atoms with Crippen LogP contribution in [0.5, 0.6) is 11.5 Å². The minimum absolute atomic E-state index is 0.134. The van der Waals surface area contributed by atoms with E-state index in [0.717, 1.165) is 5.56 Å². The van der Waals surface area contributed by atoms with Crippen molar-refractivity contribution >= 4 is 5.97 Å². The molecule has 0 bridgehead atoms. The van der Waals surface area contributed by atoms with Gasteiger partial charge in [-0.15, -0.1) is 0 Å². The molecule has 0 radical (unpaired) electrons. The van der Waals surface area contributed by atoms with Gasteiger partial charge >= 0.3 is 5.97 Å². The molecule has 160 valence electrons. The van der Waals surface area contributed by atoms with Crippen LogP contribution in [-0.2, 0) is 31.5 Å². The van der Waals surface area contributed by atoms with Crippen molar-refractivity contribution in [2.75, 3.05) is 20.3 Å². The maximum atomic E-state index is 12.9. The summed E-state index contributed by atoms with van der Waals surface area (Å²) in [7, 11) is 1.53. The first-order chi connectivity index (χ1) is 15.1. The molecule has 2 aliphatic heterocycles. The Balaban J connectivity index is 1.87. The number of rotatable bonds is 8. The molecule has 7 nitrogen and oxygen atoms in total. The van der Waals surface area contributed by atoms with E-state index in [1.165, 1.54) is 7.11 Å². The van der Waals surface area contributed by atoms with Gasteiger partial charge < -0.3 is 24.2 Å². The Hall–Kier alpha value is -3.55. The van der Waals surface area contributed by atoms with Crippen LogP contribution in [0.25, 0.3) is 0 Å². The zero-order chi connectivity index (χ0) is 21.8. The molecular formula is C24H22O7. The second kappa shape index (κ2) is 8.67. The van der Waals surface area contributed by atoms with E-state index in [4.69, 9.17) is 24.0 Å². The van der Waals surface area contributed by atoms with Gasteiger partial charge in [0.1, 0.15) is 30.3 Å². The Morgan fingerprint density at radius 1 is 1.23 bits per heavy atom. The Morgan fingerprint density at radius 3 is 2.71 bits per heavy atom. The molecule has 1 unspecified atom stereocenters. The molecule has 0 amide bonds. The van der Waals surface area contributed by atoms with Gasteiger partial charge in [-0.05, 0) is 23.8 Å². The highest BCUT2D eigenvalue weighted by Gasteiger charge is 2.51. The number of hydrogen-bond acceptors (Lipinski definition) is 7. The Kier molecular flexibility index (Phi) is 5.79. The van der Waals surface area contributed by atoms with E-state index in [9.17, 15) is 9.90 Å². The third kappa shape index (κ3) is 3.93. The second-order valence-electron chi connectivity index (χ2n) is 6.95. The number of hydrogen-bond donors (Lipinski definition) is 1. The third-order valence-electron chi connectivity index (χ3n) is 5.02. The van der Waals surface area contributed by atoms with Gasteiger partial charge in [0.25, 0.3) is 5.79 Å². The van der Waals surface area contributed by atoms with E-state index < -0.39 is 11.8 Å². The van der Waals surface area contributed by atoms with Crippen molar-refractivity contribution in [2.45, 2.75) is 12.2 Å². The van der Waals surface area contributed by atoms with Crippen molar-refractivity contribution in [3.63, 3.8) is 0 Å². The molecule has 1 atom stereocenters. The molecule has 1 N–H and O–H groups in total. The van der Waals surface area contributed by atoms with Gasteiger partial charge in [0.15, 0.2) is 5.76 Å². The summed E-state index contributed by atoms with van der Waals surface area (Å²) in [5.41, 5.74) is 1.61. The van der Waals surface area contributed by atoms with E-state index in [1.54, 1.807) is 30.4 Å². The van der Waals surface area contributed by atoms with Crippen LogP contribution in [0.15, 0.2) is 84.2 Å². The minimum atomic E-state index is -2.07. The van der Waals surface area contributed by atoms with Gasteiger partial charge in [0.05, 0.1) is 12.7 Å². The molecule has 2 heterocycles. The highest BCUT2D eigenvalue weighted by molar-refractivity contribution is 5.97. The van der Waals surface area contributed by atoms with Gasteiger partial charge in [-0.3, -0.25) is 0 Å². The maximum absolute atomic E-state index is 12.9. The lowest BCUT2D eigenvalue weighted by Gasteiger charge is -2.27. The monoisotopic (exact) mass is 422 g/mol. The molecular weight excluding hydrogens is 400 g/mol. The highest BCUT2D eigenvalue weighted by atomic mass is 17.2.